The fourth-order valence-corrected chi connectivity index (χ4v) is 4.62. The molecular formula is C19H23F2N3O2. The number of anilines is 1. The predicted octanol–water partition coefficient (Wildman–Crippen LogP) is 2.06. The van der Waals surface area contributed by atoms with Gasteiger partial charge in [0.05, 0.1) is 11.6 Å². The second-order valence-corrected chi connectivity index (χ2v) is 7.71. The molecule has 3 aliphatic rings. The van der Waals surface area contributed by atoms with Crippen molar-refractivity contribution >= 4 is 17.5 Å². The van der Waals surface area contributed by atoms with E-state index in [1.54, 1.807) is 4.90 Å². The minimum absolute atomic E-state index is 0.0364. The van der Waals surface area contributed by atoms with Crippen molar-refractivity contribution in [3.05, 3.63) is 29.8 Å². The molecule has 0 spiro atoms. The van der Waals surface area contributed by atoms with Crippen LogP contribution in [0.1, 0.15) is 32.1 Å². The highest BCUT2D eigenvalue weighted by molar-refractivity contribution is 6.00. The number of rotatable bonds is 3. The van der Waals surface area contributed by atoms with Crippen molar-refractivity contribution in [1.82, 2.24) is 10.2 Å². The minimum Gasteiger partial charge on any atom is -0.342 e. The monoisotopic (exact) mass is 363 g/mol. The number of carbonyl (C=O) groups excluding carboxylic acids is 2. The van der Waals surface area contributed by atoms with Gasteiger partial charge in [-0.15, -0.1) is 0 Å². The Kier molecular flexibility index (Phi) is 4.42. The van der Waals surface area contributed by atoms with Gasteiger partial charge in [0.15, 0.2) is 0 Å². The van der Waals surface area contributed by atoms with E-state index in [1.807, 2.05) is 7.05 Å². The molecule has 3 unspecified atom stereocenters. The summed E-state index contributed by atoms with van der Waals surface area (Å²) in [5.41, 5.74) is 0.0364. The van der Waals surface area contributed by atoms with Gasteiger partial charge < -0.3 is 15.1 Å². The topological polar surface area (TPSA) is 52.7 Å². The molecule has 3 heterocycles. The lowest BCUT2D eigenvalue weighted by atomic mass is 9.97. The van der Waals surface area contributed by atoms with Crippen LogP contribution in [0.5, 0.6) is 0 Å². The van der Waals surface area contributed by atoms with Crippen LogP contribution in [0.15, 0.2) is 18.2 Å². The maximum absolute atomic E-state index is 14.0. The Morgan fingerprint density at radius 2 is 1.92 bits per heavy atom. The van der Waals surface area contributed by atoms with Gasteiger partial charge in [0.2, 0.25) is 11.8 Å². The standard InChI is InChI=1S/C19H23F2N3O2/c1-23(15-8-13-3-4-14(9-15)22-13)19(26)11-6-18(25)24(10-11)17-5-2-12(20)7-16(17)21/h2,5,7,11,13-15,22H,3-4,6,8-10H2,1H3. The van der Waals surface area contributed by atoms with Crippen LogP contribution >= 0.6 is 0 Å². The third-order valence-electron chi connectivity index (χ3n) is 6.02. The number of piperidine rings is 1. The Labute approximate surface area is 151 Å². The Morgan fingerprint density at radius 3 is 2.58 bits per heavy atom. The molecule has 0 radical (unpaired) electrons. The summed E-state index contributed by atoms with van der Waals surface area (Å²) in [4.78, 5) is 28.3. The van der Waals surface area contributed by atoms with Gasteiger partial charge in [0.25, 0.3) is 0 Å². The lowest BCUT2D eigenvalue weighted by Crippen LogP contribution is -2.50. The van der Waals surface area contributed by atoms with Crippen LogP contribution in [0.3, 0.4) is 0 Å². The zero-order chi connectivity index (χ0) is 18.4. The van der Waals surface area contributed by atoms with Crippen LogP contribution < -0.4 is 10.2 Å². The maximum Gasteiger partial charge on any atom is 0.228 e. The molecule has 0 aromatic heterocycles. The Hall–Kier alpha value is -2.02. The van der Waals surface area contributed by atoms with Crippen LogP contribution in [0.25, 0.3) is 0 Å². The molecule has 3 saturated heterocycles. The molecule has 1 aromatic rings. The fraction of sp³-hybridized carbons (Fsp3) is 0.579. The van der Waals surface area contributed by atoms with Gasteiger partial charge in [-0.25, -0.2) is 8.78 Å². The van der Waals surface area contributed by atoms with Crippen LogP contribution in [-0.2, 0) is 9.59 Å². The quantitative estimate of drug-likeness (QED) is 0.894. The van der Waals surface area contributed by atoms with E-state index in [1.165, 1.54) is 11.0 Å². The van der Waals surface area contributed by atoms with Crippen molar-refractivity contribution in [3.8, 4) is 0 Å². The summed E-state index contributed by atoms with van der Waals surface area (Å²) in [6.07, 6.45) is 4.26. The Morgan fingerprint density at radius 1 is 1.23 bits per heavy atom. The zero-order valence-corrected chi connectivity index (χ0v) is 14.8. The number of nitrogens with one attached hydrogen (secondary N) is 1. The zero-order valence-electron chi connectivity index (χ0n) is 14.8. The molecule has 3 aliphatic heterocycles. The van der Waals surface area contributed by atoms with Gasteiger partial charge in [-0.1, -0.05) is 0 Å². The van der Waals surface area contributed by atoms with E-state index < -0.39 is 17.6 Å². The summed E-state index contributed by atoms with van der Waals surface area (Å²) in [6, 6.07) is 4.27. The van der Waals surface area contributed by atoms with Crippen LogP contribution in [0, 0.1) is 17.6 Å². The summed E-state index contributed by atoms with van der Waals surface area (Å²) < 4.78 is 27.1. The van der Waals surface area contributed by atoms with E-state index in [0.29, 0.717) is 12.1 Å². The second kappa shape index (κ2) is 6.61. The SMILES string of the molecule is CN(C(=O)C1CC(=O)N(c2ccc(F)cc2F)C1)C1CC2CCC(C1)N2. The smallest absolute Gasteiger partial charge is 0.228 e. The maximum atomic E-state index is 14.0. The molecular weight excluding hydrogens is 340 g/mol. The fourth-order valence-electron chi connectivity index (χ4n) is 4.62. The van der Waals surface area contributed by atoms with Crippen molar-refractivity contribution in [3.63, 3.8) is 0 Å². The highest BCUT2D eigenvalue weighted by Crippen LogP contribution is 2.32. The Bertz CT molecular complexity index is 729. The number of hydrogen-bond acceptors (Lipinski definition) is 3. The summed E-state index contributed by atoms with van der Waals surface area (Å²) >= 11 is 0. The lowest BCUT2D eigenvalue weighted by molar-refractivity contribution is -0.137. The first-order chi connectivity index (χ1) is 12.4. The molecule has 1 aromatic carbocycles. The summed E-state index contributed by atoms with van der Waals surface area (Å²) in [6.45, 7) is 0.141. The molecule has 1 N–H and O–H groups in total. The first-order valence-corrected chi connectivity index (χ1v) is 9.20. The van der Waals surface area contributed by atoms with E-state index in [2.05, 4.69) is 5.32 Å². The lowest BCUT2D eigenvalue weighted by Gasteiger charge is -2.36. The van der Waals surface area contributed by atoms with Gasteiger partial charge in [-0.3, -0.25) is 9.59 Å². The number of nitrogens with zero attached hydrogens (tertiary/aromatic N) is 2. The number of amides is 2. The van der Waals surface area contributed by atoms with Crippen molar-refractivity contribution in [2.24, 2.45) is 5.92 Å². The second-order valence-electron chi connectivity index (χ2n) is 7.71. The van der Waals surface area contributed by atoms with Gasteiger partial charge in [-0.05, 0) is 37.8 Å². The minimum atomic E-state index is -0.783. The van der Waals surface area contributed by atoms with Crippen molar-refractivity contribution in [1.29, 1.82) is 0 Å². The number of benzene rings is 1. The first-order valence-electron chi connectivity index (χ1n) is 9.20. The molecule has 0 saturated carbocycles. The first kappa shape index (κ1) is 17.4. The van der Waals surface area contributed by atoms with Crippen molar-refractivity contribution in [2.45, 2.75) is 50.2 Å². The predicted molar refractivity (Wildman–Crippen MR) is 92.6 cm³/mol. The number of hydrogen-bond donors (Lipinski definition) is 1. The van der Waals surface area contributed by atoms with Crippen LogP contribution in [0.2, 0.25) is 0 Å². The van der Waals surface area contributed by atoms with E-state index in [0.717, 1.165) is 37.8 Å². The average molecular weight is 363 g/mol. The van der Waals surface area contributed by atoms with E-state index in [-0.39, 0.29) is 36.5 Å². The van der Waals surface area contributed by atoms with Crippen LogP contribution in [-0.4, -0.2) is 48.4 Å². The molecule has 5 nitrogen and oxygen atoms in total. The molecule has 3 fully saturated rings. The third kappa shape index (κ3) is 3.09. The van der Waals surface area contributed by atoms with Gasteiger partial charge >= 0.3 is 0 Å². The van der Waals surface area contributed by atoms with Gasteiger partial charge in [-0.2, -0.15) is 0 Å². The van der Waals surface area contributed by atoms with Crippen molar-refractivity contribution in [2.75, 3.05) is 18.5 Å². The van der Waals surface area contributed by atoms with Crippen molar-refractivity contribution < 1.29 is 18.4 Å². The molecule has 2 bridgehead atoms. The highest BCUT2D eigenvalue weighted by Gasteiger charge is 2.41. The highest BCUT2D eigenvalue weighted by atomic mass is 19.1. The van der Waals surface area contributed by atoms with Gasteiger partial charge in [0.1, 0.15) is 11.6 Å². The summed E-state index contributed by atoms with van der Waals surface area (Å²) in [5.74, 6) is -2.31. The van der Waals surface area contributed by atoms with Gasteiger partial charge in [0, 0.05) is 44.2 Å². The van der Waals surface area contributed by atoms with E-state index in [9.17, 15) is 18.4 Å². The number of carbonyl (C=O) groups is 2. The molecule has 0 aliphatic carbocycles. The molecule has 3 atom stereocenters. The molecule has 4 rings (SSSR count). The Balaban J connectivity index is 1.45. The summed E-state index contributed by atoms with van der Waals surface area (Å²) in [5, 5.41) is 3.56. The largest absolute Gasteiger partial charge is 0.342 e. The van der Waals surface area contributed by atoms with E-state index >= 15 is 0 Å². The normalized spacial score (nSPS) is 30.7. The number of fused-ring (bicyclic) bond motifs is 2. The van der Waals surface area contributed by atoms with Crippen LogP contribution in [0.4, 0.5) is 14.5 Å². The molecule has 26 heavy (non-hydrogen) atoms. The van der Waals surface area contributed by atoms with E-state index in [4.69, 9.17) is 0 Å². The molecule has 7 heteroatoms. The summed E-state index contributed by atoms with van der Waals surface area (Å²) in [7, 11) is 1.81. The molecule has 2 amide bonds. The third-order valence-corrected chi connectivity index (χ3v) is 6.02. The molecule has 140 valence electrons. The average Bonchev–Trinajstić information content (AvgIpc) is 3.15. The number of halogens is 2.